The first-order valence-electron chi connectivity index (χ1n) is 9.35. The van der Waals surface area contributed by atoms with Gasteiger partial charge in [-0.1, -0.05) is 0 Å². The molecule has 0 unspecified atom stereocenters. The van der Waals surface area contributed by atoms with Crippen molar-refractivity contribution in [1.29, 1.82) is 0 Å². The number of hydrogen-bond donors (Lipinski definition) is 1. The zero-order valence-electron chi connectivity index (χ0n) is 15.6. The highest BCUT2D eigenvalue weighted by Gasteiger charge is 2.31. The van der Waals surface area contributed by atoms with E-state index in [1.807, 2.05) is 11.8 Å². The fourth-order valence-corrected chi connectivity index (χ4v) is 4.19. The van der Waals surface area contributed by atoms with E-state index in [-0.39, 0.29) is 16.7 Å². The number of aromatic nitrogens is 2. The van der Waals surface area contributed by atoms with Crippen LogP contribution in [0.1, 0.15) is 31.4 Å². The summed E-state index contributed by atoms with van der Waals surface area (Å²) in [6.07, 6.45) is 5.14. The van der Waals surface area contributed by atoms with E-state index in [4.69, 9.17) is 0 Å². The predicted molar refractivity (Wildman–Crippen MR) is 103 cm³/mol. The number of benzene rings is 1. The summed E-state index contributed by atoms with van der Waals surface area (Å²) in [7, 11) is -3.30. The van der Waals surface area contributed by atoms with Gasteiger partial charge in [0, 0.05) is 30.8 Å². The molecule has 4 rings (SSSR count). The molecule has 2 aromatic rings. The molecule has 0 radical (unpaired) electrons. The van der Waals surface area contributed by atoms with Gasteiger partial charge in [-0.05, 0) is 50.8 Å². The first-order chi connectivity index (χ1) is 12.8. The average Bonchev–Trinajstić information content (AvgIpc) is 3.44. The molecule has 7 nitrogen and oxygen atoms in total. The maximum Gasteiger partial charge on any atom is 0.226 e. The molecule has 1 aromatic carbocycles. The molecular formula is C19H24N4O3S. The van der Waals surface area contributed by atoms with Crippen molar-refractivity contribution in [2.24, 2.45) is 5.92 Å². The number of nitrogens with one attached hydrogen (secondary N) is 1. The lowest BCUT2D eigenvalue weighted by atomic mass is 9.97. The summed E-state index contributed by atoms with van der Waals surface area (Å²) in [4.78, 5) is 23.9. The smallest absolute Gasteiger partial charge is 0.226 e. The second-order valence-electron chi connectivity index (χ2n) is 7.63. The van der Waals surface area contributed by atoms with Crippen LogP contribution in [0.4, 0.5) is 5.95 Å². The molecule has 1 aromatic heterocycles. The number of carbonyl (C=O) groups excluding carboxylic acids is 1. The highest BCUT2D eigenvalue weighted by Crippen LogP contribution is 2.26. The Morgan fingerprint density at radius 3 is 2.70 bits per heavy atom. The number of nitrogens with zero attached hydrogens (tertiary/aromatic N) is 3. The maximum atomic E-state index is 12.4. The van der Waals surface area contributed by atoms with Crippen LogP contribution in [0, 0.1) is 12.8 Å². The van der Waals surface area contributed by atoms with Gasteiger partial charge in [0.1, 0.15) is 0 Å². The molecule has 144 valence electrons. The van der Waals surface area contributed by atoms with E-state index in [2.05, 4.69) is 15.3 Å². The molecule has 8 heteroatoms. The standard InChI is InChI=1S/C19H24N4O3S/c1-12-16-8-7-15(27(2,25)26)10-17(16)22-19(20-12)23-9-3-4-13(11-23)18(24)21-14-5-6-14/h7-8,10,13-14H,3-6,9,11H2,1-2H3,(H,21,24)/t13-/m0/s1. The second-order valence-corrected chi connectivity index (χ2v) is 9.64. The number of hydrogen-bond acceptors (Lipinski definition) is 6. The van der Waals surface area contributed by atoms with Gasteiger partial charge in [-0.2, -0.15) is 0 Å². The number of aryl methyl sites for hydroxylation is 1. The van der Waals surface area contributed by atoms with E-state index < -0.39 is 9.84 Å². The zero-order chi connectivity index (χ0) is 19.2. The number of amides is 1. The Labute approximate surface area is 159 Å². The molecule has 1 aliphatic heterocycles. The molecule has 1 saturated heterocycles. The van der Waals surface area contributed by atoms with E-state index in [9.17, 15) is 13.2 Å². The Kier molecular flexibility index (Phi) is 4.53. The summed E-state index contributed by atoms with van der Waals surface area (Å²) >= 11 is 0. The normalized spacial score (nSPS) is 20.7. The zero-order valence-corrected chi connectivity index (χ0v) is 16.4. The fraction of sp³-hybridized carbons (Fsp3) is 0.526. The number of piperidine rings is 1. The molecule has 1 amide bonds. The van der Waals surface area contributed by atoms with Gasteiger partial charge in [-0.15, -0.1) is 0 Å². The number of rotatable bonds is 4. The highest BCUT2D eigenvalue weighted by molar-refractivity contribution is 7.90. The fourth-order valence-electron chi connectivity index (χ4n) is 3.54. The van der Waals surface area contributed by atoms with E-state index in [0.29, 0.717) is 24.1 Å². The van der Waals surface area contributed by atoms with E-state index >= 15 is 0 Å². The van der Waals surface area contributed by atoms with Crippen LogP contribution < -0.4 is 10.2 Å². The minimum atomic E-state index is -3.30. The maximum absolute atomic E-state index is 12.4. The van der Waals surface area contributed by atoms with Crippen molar-refractivity contribution in [2.45, 2.75) is 43.5 Å². The summed E-state index contributed by atoms with van der Waals surface area (Å²) in [6, 6.07) is 5.31. The van der Waals surface area contributed by atoms with Gasteiger partial charge in [0.15, 0.2) is 9.84 Å². The van der Waals surface area contributed by atoms with Crippen LogP contribution in [0.3, 0.4) is 0 Å². The summed E-state index contributed by atoms with van der Waals surface area (Å²) in [6.45, 7) is 3.29. The quantitative estimate of drug-likeness (QED) is 0.859. The molecular weight excluding hydrogens is 364 g/mol. The lowest BCUT2D eigenvalue weighted by Crippen LogP contribution is -2.44. The summed E-state index contributed by atoms with van der Waals surface area (Å²) in [5.74, 6) is 0.634. The highest BCUT2D eigenvalue weighted by atomic mass is 32.2. The van der Waals surface area contributed by atoms with E-state index in [1.165, 1.54) is 6.26 Å². The predicted octanol–water partition coefficient (Wildman–Crippen LogP) is 1.84. The minimum absolute atomic E-state index is 0.0543. The summed E-state index contributed by atoms with van der Waals surface area (Å²) in [5, 5.41) is 3.93. The molecule has 1 saturated carbocycles. The van der Waals surface area contributed by atoms with Crippen molar-refractivity contribution in [3.8, 4) is 0 Å². The molecule has 2 heterocycles. The van der Waals surface area contributed by atoms with Crippen molar-refractivity contribution in [2.75, 3.05) is 24.2 Å². The lowest BCUT2D eigenvalue weighted by Gasteiger charge is -2.32. The van der Waals surface area contributed by atoms with Gasteiger partial charge in [0.2, 0.25) is 11.9 Å². The number of anilines is 1. The van der Waals surface area contributed by atoms with Crippen LogP contribution in [0.15, 0.2) is 23.1 Å². The Morgan fingerprint density at radius 2 is 2.00 bits per heavy atom. The third-order valence-electron chi connectivity index (χ3n) is 5.27. The van der Waals surface area contributed by atoms with Crippen molar-refractivity contribution in [3.63, 3.8) is 0 Å². The minimum Gasteiger partial charge on any atom is -0.353 e. The van der Waals surface area contributed by atoms with Gasteiger partial charge < -0.3 is 10.2 Å². The van der Waals surface area contributed by atoms with E-state index in [0.717, 1.165) is 43.3 Å². The molecule has 0 spiro atoms. The topological polar surface area (TPSA) is 92.3 Å². The van der Waals surface area contributed by atoms with Crippen molar-refractivity contribution in [1.82, 2.24) is 15.3 Å². The monoisotopic (exact) mass is 388 g/mol. The van der Waals surface area contributed by atoms with E-state index in [1.54, 1.807) is 18.2 Å². The van der Waals surface area contributed by atoms with Gasteiger partial charge >= 0.3 is 0 Å². The van der Waals surface area contributed by atoms with Crippen molar-refractivity contribution >= 4 is 32.6 Å². The van der Waals surface area contributed by atoms with Crippen LogP contribution >= 0.6 is 0 Å². The number of carbonyl (C=O) groups is 1. The molecule has 1 atom stereocenters. The molecule has 2 aliphatic rings. The van der Waals surface area contributed by atoms with Gasteiger partial charge in [0.25, 0.3) is 0 Å². The molecule has 27 heavy (non-hydrogen) atoms. The first-order valence-corrected chi connectivity index (χ1v) is 11.2. The molecule has 2 fully saturated rings. The average molecular weight is 388 g/mol. The van der Waals surface area contributed by atoms with Crippen LogP contribution in [-0.2, 0) is 14.6 Å². The van der Waals surface area contributed by atoms with Crippen molar-refractivity contribution < 1.29 is 13.2 Å². The Morgan fingerprint density at radius 1 is 1.22 bits per heavy atom. The van der Waals surface area contributed by atoms with Crippen LogP contribution in [0.5, 0.6) is 0 Å². The van der Waals surface area contributed by atoms with Crippen molar-refractivity contribution in [3.05, 3.63) is 23.9 Å². The van der Waals surface area contributed by atoms with Crippen LogP contribution in [0.25, 0.3) is 10.9 Å². The van der Waals surface area contributed by atoms with Gasteiger partial charge in [0.05, 0.1) is 22.0 Å². The number of fused-ring (bicyclic) bond motifs is 1. The largest absolute Gasteiger partial charge is 0.353 e. The van der Waals surface area contributed by atoms with Gasteiger partial charge in [-0.25, -0.2) is 18.4 Å². The Hall–Kier alpha value is -2.22. The van der Waals surface area contributed by atoms with Gasteiger partial charge in [-0.3, -0.25) is 4.79 Å². The van der Waals surface area contributed by atoms with Crippen LogP contribution in [0.2, 0.25) is 0 Å². The SMILES string of the molecule is Cc1nc(N2CCC[C@H](C(=O)NC3CC3)C2)nc2cc(S(C)(=O)=O)ccc12. The second kappa shape index (κ2) is 6.74. The summed E-state index contributed by atoms with van der Waals surface area (Å²) < 4.78 is 23.7. The third kappa shape index (κ3) is 3.90. The number of sulfone groups is 1. The first kappa shape index (κ1) is 18.2. The molecule has 0 bridgehead atoms. The Bertz CT molecular complexity index is 1000. The summed E-state index contributed by atoms with van der Waals surface area (Å²) in [5.41, 5.74) is 1.42. The molecule has 1 N–H and O–H groups in total. The lowest BCUT2D eigenvalue weighted by molar-refractivity contribution is -0.125. The molecule has 1 aliphatic carbocycles. The Balaban J connectivity index is 1.62. The third-order valence-corrected chi connectivity index (χ3v) is 6.38. The van der Waals surface area contributed by atoms with Crippen LogP contribution in [-0.4, -0.2) is 49.7 Å².